The topological polar surface area (TPSA) is 12.5 Å². The minimum absolute atomic E-state index is 0.651. The van der Waals surface area contributed by atoms with Crippen molar-refractivity contribution in [2.24, 2.45) is 5.92 Å². The van der Waals surface area contributed by atoms with Crippen LogP contribution in [0.15, 0.2) is 24.3 Å². The van der Waals surface area contributed by atoms with Gasteiger partial charge in [0.1, 0.15) is 5.75 Å². The van der Waals surface area contributed by atoms with Crippen molar-refractivity contribution in [3.63, 3.8) is 0 Å². The number of anilines is 1. The first kappa shape index (κ1) is 10.3. The molecule has 15 heavy (non-hydrogen) atoms. The van der Waals surface area contributed by atoms with Crippen LogP contribution in [0.2, 0.25) is 0 Å². The SMILES string of the molecule is COc1ccc(N(C)C(C)C2CC2)cc1. The average molecular weight is 205 g/mol. The number of ether oxygens (including phenoxy) is 1. The van der Waals surface area contributed by atoms with Crippen molar-refractivity contribution in [2.75, 3.05) is 19.1 Å². The zero-order valence-electron chi connectivity index (χ0n) is 9.73. The number of rotatable bonds is 4. The lowest BCUT2D eigenvalue weighted by atomic mass is 10.1. The van der Waals surface area contributed by atoms with Gasteiger partial charge in [-0.15, -0.1) is 0 Å². The zero-order valence-corrected chi connectivity index (χ0v) is 9.73. The fraction of sp³-hybridized carbons (Fsp3) is 0.538. The number of nitrogens with zero attached hydrogens (tertiary/aromatic N) is 1. The molecule has 1 unspecified atom stereocenters. The number of hydrogen-bond acceptors (Lipinski definition) is 2. The zero-order chi connectivity index (χ0) is 10.8. The van der Waals surface area contributed by atoms with Crippen LogP contribution in [0.4, 0.5) is 5.69 Å². The van der Waals surface area contributed by atoms with Gasteiger partial charge in [0.25, 0.3) is 0 Å². The molecule has 1 aromatic rings. The van der Waals surface area contributed by atoms with Gasteiger partial charge in [-0.1, -0.05) is 0 Å². The second-order valence-electron chi connectivity index (χ2n) is 4.39. The van der Waals surface area contributed by atoms with E-state index in [1.165, 1.54) is 18.5 Å². The van der Waals surface area contributed by atoms with E-state index < -0.39 is 0 Å². The largest absolute Gasteiger partial charge is 0.497 e. The summed E-state index contributed by atoms with van der Waals surface area (Å²) >= 11 is 0. The maximum atomic E-state index is 5.15. The fourth-order valence-electron chi connectivity index (χ4n) is 1.95. The fourth-order valence-corrected chi connectivity index (χ4v) is 1.95. The van der Waals surface area contributed by atoms with E-state index in [-0.39, 0.29) is 0 Å². The van der Waals surface area contributed by atoms with Gasteiger partial charge >= 0.3 is 0 Å². The van der Waals surface area contributed by atoms with E-state index in [1.807, 2.05) is 12.1 Å². The molecule has 1 aliphatic carbocycles. The van der Waals surface area contributed by atoms with Gasteiger partial charge in [-0.2, -0.15) is 0 Å². The summed E-state index contributed by atoms with van der Waals surface area (Å²) in [5, 5.41) is 0. The highest BCUT2D eigenvalue weighted by atomic mass is 16.5. The minimum atomic E-state index is 0.651. The molecule has 0 aromatic heterocycles. The Bertz CT molecular complexity index is 316. The summed E-state index contributed by atoms with van der Waals surface area (Å²) < 4.78 is 5.15. The van der Waals surface area contributed by atoms with E-state index in [1.54, 1.807) is 7.11 Å². The summed E-state index contributed by atoms with van der Waals surface area (Å²) in [7, 11) is 3.87. The smallest absolute Gasteiger partial charge is 0.119 e. The maximum Gasteiger partial charge on any atom is 0.119 e. The molecule has 0 saturated heterocycles. The first-order chi connectivity index (χ1) is 7.22. The summed E-state index contributed by atoms with van der Waals surface area (Å²) in [4.78, 5) is 2.36. The normalized spacial score (nSPS) is 17.3. The second kappa shape index (κ2) is 4.13. The third-order valence-electron chi connectivity index (χ3n) is 3.39. The number of benzene rings is 1. The van der Waals surface area contributed by atoms with Crippen LogP contribution in [-0.2, 0) is 0 Å². The molecule has 0 bridgehead atoms. The Morgan fingerprint density at radius 2 is 1.87 bits per heavy atom. The molecule has 82 valence electrons. The quantitative estimate of drug-likeness (QED) is 0.749. The Balaban J connectivity index is 2.07. The molecular weight excluding hydrogens is 186 g/mol. The molecule has 1 aromatic carbocycles. The van der Waals surface area contributed by atoms with Crippen molar-refractivity contribution in [1.82, 2.24) is 0 Å². The highest BCUT2D eigenvalue weighted by Crippen LogP contribution is 2.36. The Morgan fingerprint density at radius 1 is 1.27 bits per heavy atom. The van der Waals surface area contributed by atoms with Gasteiger partial charge in [-0.25, -0.2) is 0 Å². The Morgan fingerprint density at radius 3 is 2.33 bits per heavy atom. The van der Waals surface area contributed by atoms with E-state index in [0.717, 1.165) is 11.7 Å². The van der Waals surface area contributed by atoms with Crippen molar-refractivity contribution in [2.45, 2.75) is 25.8 Å². The molecule has 2 rings (SSSR count). The van der Waals surface area contributed by atoms with Gasteiger partial charge in [-0.3, -0.25) is 0 Å². The average Bonchev–Trinajstić information content (AvgIpc) is 3.11. The molecule has 1 aliphatic rings. The molecule has 0 spiro atoms. The first-order valence-corrected chi connectivity index (χ1v) is 5.59. The molecule has 2 heteroatoms. The monoisotopic (exact) mass is 205 g/mol. The van der Waals surface area contributed by atoms with Crippen LogP contribution < -0.4 is 9.64 Å². The van der Waals surface area contributed by atoms with Gasteiger partial charge in [-0.05, 0) is 49.9 Å². The van der Waals surface area contributed by atoms with E-state index in [4.69, 9.17) is 4.74 Å². The molecule has 0 aliphatic heterocycles. The third-order valence-corrected chi connectivity index (χ3v) is 3.39. The van der Waals surface area contributed by atoms with E-state index in [2.05, 4.69) is 31.0 Å². The van der Waals surface area contributed by atoms with Crippen molar-refractivity contribution < 1.29 is 4.74 Å². The molecular formula is C13H19NO. The van der Waals surface area contributed by atoms with Crippen LogP contribution in [0.3, 0.4) is 0 Å². The molecule has 0 heterocycles. The minimum Gasteiger partial charge on any atom is -0.497 e. The number of methoxy groups -OCH3 is 1. The summed E-state index contributed by atoms with van der Waals surface area (Å²) in [6.45, 7) is 2.31. The molecule has 1 fully saturated rings. The predicted octanol–water partition coefficient (Wildman–Crippen LogP) is 2.93. The van der Waals surface area contributed by atoms with Gasteiger partial charge in [0.2, 0.25) is 0 Å². The highest BCUT2D eigenvalue weighted by Gasteiger charge is 2.30. The second-order valence-corrected chi connectivity index (χ2v) is 4.39. The molecule has 0 N–H and O–H groups in total. The van der Waals surface area contributed by atoms with Gasteiger partial charge in [0, 0.05) is 18.8 Å². The Hall–Kier alpha value is -1.18. The Kier molecular flexibility index (Phi) is 2.85. The Labute approximate surface area is 91.9 Å². The lowest BCUT2D eigenvalue weighted by molar-refractivity contribution is 0.415. The van der Waals surface area contributed by atoms with Gasteiger partial charge in [0.15, 0.2) is 0 Å². The number of hydrogen-bond donors (Lipinski definition) is 0. The van der Waals surface area contributed by atoms with Crippen molar-refractivity contribution in [1.29, 1.82) is 0 Å². The van der Waals surface area contributed by atoms with E-state index in [9.17, 15) is 0 Å². The summed E-state index contributed by atoms with van der Waals surface area (Å²) in [5.74, 6) is 1.82. The van der Waals surface area contributed by atoms with Gasteiger partial charge in [0.05, 0.1) is 7.11 Å². The van der Waals surface area contributed by atoms with Crippen LogP contribution >= 0.6 is 0 Å². The standard InChI is InChI=1S/C13H19NO/c1-10(11-4-5-11)14(2)12-6-8-13(15-3)9-7-12/h6-11H,4-5H2,1-3H3. The predicted molar refractivity (Wildman–Crippen MR) is 63.6 cm³/mol. The molecule has 0 radical (unpaired) electrons. The van der Waals surface area contributed by atoms with Crippen LogP contribution in [0, 0.1) is 5.92 Å². The van der Waals surface area contributed by atoms with Crippen molar-refractivity contribution in [3.8, 4) is 5.75 Å². The van der Waals surface area contributed by atoms with Gasteiger partial charge < -0.3 is 9.64 Å². The highest BCUT2D eigenvalue weighted by molar-refractivity contribution is 5.49. The van der Waals surface area contributed by atoms with Crippen LogP contribution in [-0.4, -0.2) is 20.2 Å². The summed E-state index contributed by atoms with van der Waals surface area (Å²) in [5.41, 5.74) is 1.27. The molecule has 1 saturated carbocycles. The summed E-state index contributed by atoms with van der Waals surface area (Å²) in [6.07, 6.45) is 2.78. The summed E-state index contributed by atoms with van der Waals surface area (Å²) in [6, 6.07) is 8.94. The van der Waals surface area contributed by atoms with E-state index >= 15 is 0 Å². The van der Waals surface area contributed by atoms with Crippen LogP contribution in [0.5, 0.6) is 5.75 Å². The molecule has 0 amide bonds. The third kappa shape index (κ3) is 2.25. The maximum absolute atomic E-state index is 5.15. The van der Waals surface area contributed by atoms with Crippen LogP contribution in [0.25, 0.3) is 0 Å². The molecule has 1 atom stereocenters. The van der Waals surface area contributed by atoms with E-state index in [0.29, 0.717) is 6.04 Å². The lowest BCUT2D eigenvalue weighted by Gasteiger charge is -2.27. The first-order valence-electron chi connectivity index (χ1n) is 5.59. The van der Waals surface area contributed by atoms with Crippen molar-refractivity contribution >= 4 is 5.69 Å². The lowest BCUT2D eigenvalue weighted by Crippen LogP contribution is -2.30. The van der Waals surface area contributed by atoms with Crippen LogP contribution in [0.1, 0.15) is 19.8 Å². The molecule has 2 nitrogen and oxygen atoms in total. The van der Waals surface area contributed by atoms with Crippen molar-refractivity contribution in [3.05, 3.63) is 24.3 Å².